The average molecular weight is 322 g/mol. The van der Waals surface area contributed by atoms with E-state index in [-0.39, 0.29) is 25.8 Å². The van der Waals surface area contributed by atoms with E-state index in [9.17, 15) is 14.4 Å². The zero-order chi connectivity index (χ0) is 18.1. The smallest absolute Gasteiger partial charge is 0.333 e. The maximum absolute atomic E-state index is 10.8. The van der Waals surface area contributed by atoms with Crippen LogP contribution in [0.5, 0.6) is 0 Å². The molecule has 0 bridgehead atoms. The molecule has 0 aromatic rings. The largest absolute Gasteiger partial charge is 0.458 e. The minimum atomic E-state index is -0.611. The number of carbonyl (C=O) groups excluding carboxylic acids is 3. The molecule has 0 aliphatic rings. The summed E-state index contributed by atoms with van der Waals surface area (Å²) in [6, 6.07) is 0. The van der Waals surface area contributed by atoms with Crippen molar-refractivity contribution >= 4 is 17.9 Å². The van der Waals surface area contributed by atoms with Crippen molar-refractivity contribution in [2.75, 3.05) is 19.8 Å². The zero-order valence-electron chi connectivity index (χ0n) is 13.3. The van der Waals surface area contributed by atoms with Crippen molar-refractivity contribution in [3.8, 4) is 0 Å². The Labute approximate surface area is 136 Å². The van der Waals surface area contributed by atoms with Crippen LogP contribution in [0, 0.1) is 0 Å². The molecule has 0 spiro atoms. The minimum absolute atomic E-state index is 0.116. The molecule has 0 unspecified atom stereocenters. The Balaban J connectivity index is 0. The van der Waals surface area contributed by atoms with Gasteiger partial charge in [-0.25, -0.2) is 14.4 Å². The molecule has 0 rings (SSSR count). The molecule has 0 heterocycles. The first-order valence-corrected chi connectivity index (χ1v) is 6.55. The van der Waals surface area contributed by atoms with Crippen LogP contribution in [0.4, 0.5) is 0 Å². The van der Waals surface area contributed by atoms with Crippen LogP contribution in [0.2, 0.25) is 0 Å². The van der Waals surface area contributed by atoms with Crippen molar-refractivity contribution < 1.29 is 28.6 Å². The second kappa shape index (κ2) is 15.5. The van der Waals surface area contributed by atoms with Gasteiger partial charge in [-0.3, -0.25) is 0 Å². The fourth-order valence-corrected chi connectivity index (χ4v) is 0.772. The van der Waals surface area contributed by atoms with Crippen molar-refractivity contribution in [1.82, 2.24) is 0 Å². The highest BCUT2D eigenvalue weighted by atomic mass is 16.5. The van der Waals surface area contributed by atoms with Gasteiger partial charge >= 0.3 is 17.9 Å². The lowest BCUT2D eigenvalue weighted by atomic mass is 10.4. The number of hydrogen-bond donors (Lipinski definition) is 0. The number of rotatable bonds is 9. The van der Waals surface area contributed by atoms with Crippen molar-refractivity contribution in [2.24, 2.45) is 0 Å². The van der Waals surface area contributed by atoms with Crippen LogP contribution >= 0.6 is 0 Å². The van der Waals surface area contributed by atoms with Gasteiger partial charge in [0.1, 0.15) is 19.8 Å². The maximum atomic E-state index is 10.8. The summed E-state index contributed by atoms with van der Waals surface area (Å²) in [6.45, 7) is 15.6. The van der Waals surface area contributed by atoms with Crippen molar-refractivity contribution in [3.05, 3.63) is 62.3 Å². The lowest BCUT2D eigenvalue weighted by molar-refractivity contribution is -0.139. The number of carbonyl (C=O) groups is 3. The molecule has 0 atom stereocenters. The Bertz CT molecular complexity index is 447. The van der Waals surface area contributed by atoms with Gasteiger partial charge in [0.15, 0.2) is 0 Å². The molecule has 0 saturated heterocycles. The second-order valence-electron chi connectivity index (χ2n) is 3.84. The van der Waals surface area contributed by atoms with Crippen LogP contribution in [-0.4, -0.2) is 37.7 Å². The summed E-state index contributed by atoms with van der Waals surface area (Å²) in [6.07, 6.45) is 6.37. The summed E-state index contributed by atoms with van der Waals surface area (Å²) in [4.78, 5) is 32.1. The molecule has 0 radical (unpaired) electrons. The molecule has 0 fully saturated rings. The van der Waals surface area contributed by atoms with Crippen LogP contribution in [0.25, 0.3) is 0 Å². The van der Waals surface area contributed by atoms with E-state index in [2.05, 4.69) is 40.5 Å². The summed E-state index contributed by atoms with van der Waals surface area (Å²) in [5, 5.41) is 0. The van der Waals surface area contributed by atoms with Crippen molar-refractivity contribution in [3.63, 3.8) is 0 Å². The Morgan fingerprint density at radius 2 is 1.13 bits per heavy atom. The summed E-state index contributed by atoms with van der Waals surface area (Å²) in [5.74, 6) is -1.59. The van der Waals surface area contributed by atoms with E-state index in [0.717, 1.165) is 12.2 Å². The fraction of sp³-hybridized carbons (Fsp3) is 0.235. The molecule has 0 amide bonds. The lowest BCUT2D eigenvalue weighted by Gasteiger charge is -1.97. The predicted octanol–water partition coefficient (Wildman–Crippen LogP) is 2.29. The first-order chi connectivity index (χ1) is 10.9. The van der Waals surface area contributed by atoms with E-state index < -0.39 is 11.9 Å². The molecule has 0 aliphatic heterocycles. The molecule has 23 heavy (non-hydrogen) atoms. The van der Waals surface area contributed by atoms with E-state index in [1.165, 1.54) is 18.2 Å². The van der Waals surface area contributed by atoms with E-state index in [1.807, 2.05) is 0 Å². The molecule has 0 aromatic carbocycles. The molecule has 0 saturated carbocycles. The van der Waals surface area contributed by atoms with Crippen LogP contribution in [0.1, 0.15) is 6.92 Å². The summed E-state index contributed by atoms with van der Waals surface area (Å²) < 4.78 is 13.7. The Hall–Kier alpha value is -2.89. The van der Waals surface area contributed by atoms with Crippen molar-refractivity contribution in [2.45, 2.75) is 6.92 Å². The molecular weight excluding hydrogens is 300 g/mol. The highest BCUT2D eigenvalue weighted by molar-refractivity contribution is 5.91. The topological polar surface area (TPSA) is 78.9 Å². The summed E-state index contributed by atoms with van der Waals surface area (Å²) in [5.41, 5.74) is 0.414. The quantitative estimate of drug-likeness (QED) is 0.280. The molecule has 0 N–H and O–H groups in total. The lowest BCUT2D eigenvalue weighted by Crippen LogP contribution is -2.04. The van der Waals surface area contributed by atoms with Gasteiger partial charge in [0.05, 0.1) is 0 Å². The standard InChI is InChI=1S/C10H12O4.C7H10O2/c1-3-7-13-9(11)5-6-10(12)14-8-4-2;1-4-5-9-7(8)6(2)3/h3-6H,1-2,7-8H2;4H,1-2,5H2,3H3. The SMILES string of the molecule is C=CCOC(=O)C(=C)C.C=CCOC(=O)C=CC(=O)OCC=C. The highest BCUT2D eigenvalue weighted by Gasteiger charge is 1.99. The third kappa shape index (κ3) is 17.1. The Morgan fingerprint density at radius 1 is 0.783 bits per heavy atom. The Morgan fingerprint density at radius 3 is 1.43 bits per heavy atom. The first kappa shape index (κ1) is 22.4. The first-order valence-electron chi connectivity index (χ1n) is 6.55. The number of hydrogen-bond acceptors (Lipinski definition) is 6. The molecule has 0 aromatic heterocycles. The van der Waals surface area contributed by atoms with Gasteiger partial charge in [-0.05, 0) is 6.92 Å². The maximum Gasteiger partial charge on any atom is 0.333 e. The third-order valence-electron chi connectivity index (χ3n) is 1.72. The molecule has 126 valence electrons. The minimum Gasteiger partial charge on any atom is -0.458 e. The highest BCUT2D eigenvalue weighted by Crippen LogP contribution is 1.90. The van der Waals surface area contributed by atoms with Gasteiger partial charge < -0.3 is 14.2 Å². The Kier molecular flexibility index (Phi) is 15.1. The normalized spacial score (nSPS) is 8.91. The van der Waals surface area contributed by atoms with E-state index in [1.54, 1.807) is 6.92 Å². The van der Waals surface area contributed by atoms with Gasteiger partial charge in [-0.1, -0.05) is 44.5 Å². The van der Waals surface area contributed by atoms with Crippen molar-refractivity contribution in [1.29, 1.82) is 0 Å². The molecule has 6 heteroatoms. The van der Waals surface area contributed by atoms with E-state index in [4.69, 9.17) is 0 Å². The van der Waals surface area contributed by atoms with Gasteiger partial charge in [0.2, 0.25) is 0 Å². The monoisotopic (exact) mass is 322 g/mol. The summed E-state index contributed by atoms with van der Waals surface area (Å²) >= 11 is 0. The fourth-order valence-electron chi connectivity index (χ4n) is 0.772. The van der Waals surface area contributed by atoms with E-state index in [0.29, 0.717) is 5.57 Å². The van der Waals surface area contributed by atoms with Crippen LogP contribution < -0.4 is 0 Å². The van der Waals surface area contributed by atoms with Crippen LogP contribution in [-0.2, 0) is 28.6 Å². The number of esters is 3. The predicted molar refractivity (Wildman–Crippen MR) is 87.4 cm³/mol. The van der Waals surface area contributed by atoms with Gasteiger partial charge in [-0.2, -0.15) is 0 Å². The van der Waals surface area contributed by atoms with Gasteiger partial charge in [0, 0.05) is 17.7 Å². The molecule has 0 aliphatic carbocycles. The summed E-state index contributed by atoms with van der Waals surface area (Å²) in [7, 11) is 0. The van der Waals surface area contributed by atoms with Crippen LogP contribution in [0.3, 0.4) is 0 Å². The number of ether oxygens (including phenoxy) is 3. The van der Waals surface area contributed by atoms with E-state index >= 15 is 0 Å². The van der Waals surface area contributed by atoms with Gasteiger partial charge in [0.25, 0.3) is 0 Å². The second-order valence-corrected chi connectivity index (χ2v) is 3.84. The zero-order valence-corrected chi connectivity index (χ0v) is 13.3. The van der Waals surface area contributed by atoms with Gasteiger partial charge in [-0.15, -0.1) is 0 Å². The average Bonchev–Trinajstić information content (AvgIpc) is 2.54. The molecular formula is C17H22O6. The third-order valence-corrected chi connectivity index (χ3v) is 1.72. The molecule has 6 nitrogen and oxygen atoms in total. The van der Waals surface area contributed by atoms with Crippen LogP contribution in [0.15, 0.2) is 62.3 Å².